The molecule has 2 heterocycles. The molecule has 0 fully saturated rings. The fourth-order valence-electron chi connectivity index (χ4n) is 1.33. The minimum atomic E-state index is -0.805. The molecular formula is C11H10BrNO2S3. The molecule has 0 bridgehead atoms. The summed E-state index contributed by atoms with van der Waals surface area (Å²) in [6, 6.07) is 4.11. The molecule has 18 heavy (non-hydrogen) atoms. The number of carboxylic acids is 1. The zero-order chi connectivity index (χ0) is 13.1. The predicted molar refractivity (Wildman–Crippen MR) is 79.8 cm³/mol. The van der Waals surface area contributed by atoms with E-state index in [9.17, 15) is 4.79 Å². The number of aromatic nitrogens is 1. The number of aryl methyl sites for hydroxylation is 1. The highest BCUT2D eigenvalue weighted by Gasteiger charge is 2.11. The van der Waals surface area contributed by atoms with Crippen LogP contribution in [0.2, 0.25) is 0 Å². The van der Waals surface area contributed by atoms with Crippen molar-refractivity contribution in [1.29, 1.82) is 0 Å². The summed E-state index contributed by atoms with van der Waals surface area (Å²) in [7, 11) is 0. The molecule has 2 aromatic rings. The summed E-state index contributed by atoms with van der Waals surface area (Å²) in [5.41, 5.74) is 0.831. The minimum Gasteiger partial charge on any atom is -0.481 e. The van der Waals surface area contributed by atoms with Crippen LogP contribution in [0.5, 0.6) is 0 Å². The Kier molecular flexibility index (Phi) is 4.83. The van der Waals surface area contributed by atoms with Crippen LogP contribution in [-0.4, -0.2) is 16.1 Å². The van der Waals surface area contributed by atoms with Gasteiger partial charge in [0.25, 0.3) is 0 Å². The highest BCUT2D eigenvalue weighted by molar-refractivity contribution is 9.11. The second-order valence-electron chi connectivity index (χ2n) is 3.55. The molecular weight excluding hydrogens is 354 g/mol. The van der Waals surface area contributed by atoms with Gasteiger partial charge in [-0.1, -0.05) is 11.8 Å². The average Bonchev–Trinajstić information content (AvgIpc) is 2.83. The van der Waals surface area contributed by atoms with Crippen LogP contribution in [0, 0.1) is 6.92 Å². The Labute approximate surface area is 125 Å². The van der Waals surface area contributed by atoms with Crippen molar-refractivity contribution < 1.29 is 9.90 Å². The third-order valence-corrected chi connectivity index (χ3v) is 6.31. The van der Waals surface area contributed by atoms with Crippen molar-refractivity contribution in [2.24, 2.45) is 0 Å². The monoisotopic (exact) mass is 363 g/mol. The summed E-state index contributed by atoms with van der Waals surface area (Å²) >= 11 is 8.27. The number of thioether (sulfide) groups is 1. The maximum atomic E-state index is 10.7. The van der Waals surface area contributed by atoms with Crippen molar-refractivity contribution in [1.82, 2.24) is 4.98 Å². The van der Waals surface area contributed by atoms with E-state index in [-0.39, 0.29) is 6.42 Å². The van der Waals surface area contributed by atoms with E-state index in [2.05, 4.69) is 27.0 Å². The predicted octanol–water partition coefficient (Wildman–Crippen LogP) is 4.19. The molecule has 0 saturated heterocycles. The van der Waals surface area contributed by atoms with Crippen LogP contribution >= 0.6 is 50.4 Å². The van der Waals surface area contributed by atoms with Gasteiger partial charge in [0, 0.05) is 15.5 Å². The number of carbonyl (C=O) groups is 1. The van der Waals surface area contributed by atoms with Gasteiger partial charge in [0.1, 0.15) is 0 Å². The summed E-state index contributed by atoms with van der Waals surface area (Å²) in [5, 5.41) is 8.78. The number of aliphatic carboxylic acids is 1. The first-order chi connectivity index (χ1) is 8.54. The molecule has 7 heteroatoms. The van der Waals surface area contributed by atoms with Crippen LogP contribution in [0.1, 0.15) is 15.4 Å². The Hall–Kier alpha value is -0.370. The maximum Gasteiger partial charge on any atom is 0.308 e. The lowest BCUT2D eigenvalue weighted by atomic mass is 10.3. The van der Waals surface area contributed by atoms with Gasteiger partial charge in [0.2, 0.25) is 0 Å². The average molecular weight is 364 g/mol. The second kappa shape index (κ2) is 6.18. The van der Waals surface area contributed by atoms with Crippen molar-refractivity contribution in [3.05, 3.63) is 31.4 Å². The minimum absolute atomic E-state index is 0.0641. The van der Waals surface area contributed by atoms with E-state index in [1.807, 2.05) is 13.0 Å². The number of thiophene rings is 1. The lowest BCUT2D eigenvalue weighted by Gasteiger charge is -1.93. The van der Waals surface area contributed by atoms with Crippen molar-refractivity contribution in [3.63, 3.8) is 0 Å². The SMILES string of the molecule is Cc1nc(SCc2ccc(Br)s2)sc1CC(=O)O. The number of halogens is 1. The summed E-state index contributed by atoms with van der Waals surface area (Å²) in [6.45, 7) is 1.86. The highest BCUT2D eigenvalue weighted by atomic mass is 79.9. The third-order valence-electron chi connectivity index (χ3n) is 2.15. The van der Waals surface area contributed by atoms with Crippen molar-refractivity contribution in [3.8, 4) is 0 Å². The number of hydrogen-bond donors (Lipinski definition) is 1. The Balaban J connectivity index is 1.99. The number of hydrogen-bond acceptors (Lipinski definition) is 5. The summed E-state index contributed by atoms with van der Waals surface area (Å²) in [5.74, 6) is 0.0657. The van der Waals surface area contributed by atoms with Crippen molar-refractivity contribution in [2.45, 2.75) is 23.4 Å². The highest BCUT2D eigenvalue weighted by Crippen LogP contribution is 2.32. The van der Waals surface area contributed by atoms with Gasteiger partial charge in [-0.25, -0.2) is 4.98 Å². The van der Waals surface area contributed by atoms with Crippen LogP contribution in [0.25, 0.3) is 0 Å². The quantitative estimate of drug-likeness (QED) is 0.808. The molecule has 0 spiro atoms. The van der Waals surface area contributed by atoms with Gasteiger partial charge in [-0.05, 0) is 35.0 Å². The Morgan fingerprint density at radius 2 is 2.28 bits per heavy atom. The molecule has 2 rings (SSSR count). The standard InChI is InChI=1S/C11H10BrNO2S3/c1-6-8(4-10(14)15)18-11(13-6)16-5-7-2-3-9(12)17-7/h2-3H,4-5H2,1H3,(H,14,15). The first-order valence-electron chi connectivity index (χ1n) is 5.09. The molecule has 0 unspecified atom stereocenters. The van der Waals surface area contributed by atoms with E-state index >= 15 is 0 Å². The molecule has 0 saturated carbocycles. The molecule has 1 N–H and O–H groups in total. The molecule has 0 atom stereocenters. The third kappa shape index (κ3) is 3.81. The van der Waals surface area contributed by atoms with Gasteiger partial charge < -0.3 is 5.11 Å². The Bertz CT molecular complexity index is 564. The van der Waals surface area contributed by atoms with Gasteiger partial charge in [-0.2, -0.15) is 0 Å². The molecule has 96 valence electrons. The first kappa shape index (κ1) is 14.0. The van der Waals surface area contributed by atoms with Crippen molar-refractivity contribution in [2.75, 3.05) is 0 Å². The molecule has 0 radical (unpaired) electrons. The molecule has 0 aliphatic rings. The number of thiazole rings is 1. The van der Waals surface area contributed by atoms with Crippen LogP contribution in [-0.2, 0) is 17.0 Å². The zero-order valence-corrected chi connectivity index (χ0v) is 13.5. The zero-order valence-electron chi connectivity index (χ0n) is 9.47. The number of carboxylic acid groups (broad SMARTS) is 1. The first-order valence-corrected chi connectivity index (χ1v) is 8.51. The van der Waals surface area contributed by atoms with Gasteiger partial charge in [0.05, 0.1) is 15.9 Å². The lowest BCUT2D eigenvalue weighted by molar-refractivity contribution is -0.136. The topological polar surface area (TPSA) is 50.2 Å². The summed E-state index contributed by atoms with van der Waals surface area (Å²) < 4.78 is 2.06. The fourth-order valence-corrected chi connectivity index (χ4v) is 5.08. The molecule has 0 amide bonds. The lowest BCUT2D eigenvalue weighted by Crippen LogP contribution is -1.99. The van der Waals surface area contributed by atoms with E-state index < -0.39 is 5.97 Å². The molecule has 0 aliphatic carbocycles. The van der Waals surface area contributed by atoms with Gasteiger partial charge in [-0.3, -0.25) is 4.79 Å². The van der Waals surface area contributed by atoms with Crippen LogP contribution in [0.4, 0.5) is 0 Å². The Morgan fingerprint density at radius 1 is 1.50 bits per heavy atom. The summed E-state index contributed by atoms with van der Waals surface area (Å²) in [4.78, 5) is 17.2. The summed E-state index contributed by atoms with van der Waals surface area (Å²) in [6.07, 6.45) is 0.0641. The molecule has 0 aliphatic heterocycles. The largest absolute Gasteiger partial charge is 0.481 e. The van der Waals surface area contributed by atoms with Crippen LogP contribution in [0.15, 0.2) is 20.3 Å². The van der Waals surface area contributed by atoms with E-state index in [1.54, 1.807) is 23.1 Å². The fraction of sp³-hybridized carbons (Fsp3) is 0.273. The maximum absolute atomic E-state index is 10.7. The molecule has 0 aromatic carbocycles. The van der Waals surface area contributed by atoms with Crippen molar-refractivity contribution >= 4 is 56.3 Å². The van der Waals surface area contributed by atoms with E-state index in [4.69, 9.17) is 5.11 Å². The second-order valence-corrected chi connectivity index (χ2v) is 8.41. The van der Waals surface area contributed by atoms with Gasteiger partial charge >= 0.3 is 5.97 Å². The van der Waals surface area contributed by atoms with Crippen LogP contribution < -0.4 is 0 Å². The number of rotatable bonds is 5. The Morgan fingerprint density at radius 3 is 2.89 bits per heavy atom. The van der Waals surface area contributed by atoms with Crippen LogP contribution in [0.3, 0.4) is 0 Å². The molecule has 3 nitrogen and oxygen atoms in total. The molecule has 2 aromatic heterocycles. The van der Waals surface area contributed by atoms with Gasteiger partial charge in [0.15, 0.2) is 4.34 Å². The van der Waals surface area contributed by atoms with Gasteiger partial charge in [-0.15, -0.1) is 22.7 Å². The number of nitrogens with zero attached hydrogens (tertiary/aromatic N) is 1. The van der Waals surface area contributed by atoms with E-state index in [0.29, 0.717) is 0 Å². The normalized spacial score (nSPS) is 10.8. The van der Waals surface area contributed by atoms with E-state index in [0.717, 1.165) is 24.4 Å². The van der Waals surface area contributed by atoms with E-state index in [1.165, 1.54) is 16.2 Å². The smallest absolute Gasteiger partial charge is 0.308 e.